The maximum absolute atomic E-state index is 12.5. The van der Waals surface area contributed by atoms with Crippen molar-refractivity contribution in [2.75, 3.05) is 11.9 Å². The second kappa shape index (κ2) is 8.18. The Labute approximate surface area is 168 Å². The summed E-state index contributed by atoms with van der Waals surface area (Å²) >= 11 is 0. The van der Waals surface area contributed by atoms with Gasteiger partial charge in [-0.25, -0.2) is 4.79 Å². The van der Waals surface area contributed by atoms with Crippen molar-refractivity contribution in [2.45, 2.75) is 25.3 Å². The predicted octanol–water partition coefficient (Wildman–Crippen LogP) is 3.05. The van der Waals surface area contributed by atoms with E-state index in [4.69, 9.17) is 0 Å². The first-order chi connectivity index (χ1) is 14.1. The molecule has 1 aliphatic heterocycles. The van der Waals surface area contributed by atoms with Gasteiger partial charge >= 0.3 is 6.03 Å². The van der Waals surface area contributed by atoms with Gasteiger partial charge in [-0.3, -0.25) is 14.5 Å². The molecule has 29 heavy (non-hydrogen) atoms. The number of carbonyl (C=O) groups is 3. The topological polar surface area (TPSA) is 94.3 Å². The molecule has 3 N–H and O–H groups in total. The Hall–Kier alpha value is -3.61. The smallest absolute Gasteiger partial charge is 0.324 e. The quantitative estimate of drug-likeness (QED) is 0.541. The number of rotatable bonds is 7. The first-order valence-electron chi connectivity index (χ1n) is 9.63. The van der Waals surface area contributed by atoms with Crippen LogP contribution in [0.25, 0.3) is 10.9 Å². The number of aromatic nitrogens is 1. The molecule has 7 nitrogen and oxygen atoms in total. The maximum atomic E-state index is 12.5. The van der Waals surface area contributed by atoms with Crippen LogP contribution in [0.2, 0.25) is 0 Å². The minimum Gasteiger partial charge on any atom is -0.361 e. The van der Waals surface area contributed by atoms with Crippen molar-refractivity contribution in [2.24, 2.45) is 0 Å². The zero-order valence-corrected chi connectivity index (χ0v) is 15.9. The molecule has 0 aliphatic carbocycles. The molecule has 7 heteroatoms. The van der Waals surface area contributed by atoms with Crippen LogP contribution in [0.15, 0.2) is 60.8 Å². The molecule has 0 bridgehead atoms. The van der Waals surface area contributed by atoms with E-state index in [1.165, 1.54) is 4.90 Å². The number of nitrogens with zero attached hydrogens (tertiary/aromatic N) is 1. The Balaban J connectivity index is 1.28. The molecule has 0 unspecified atom stereocenters. The van der Waals surface area contributed by atoms with Gasteiger partial charge in [0.05, 0.1) is 0 Å². The summed E-state index contributed by atoms with van der Waals surface area (Å²) in [6, 6.07) is 16.2. The molecule has 1 aromatic heterocycles. The highest BCUT2D eigenvalue weighted by molar-refractivity contribution is 6.04. The lowest BCUT2D eigenvalue weighted by atomic mass is 10.1. The van der Waals surface area contributed by atoms with Crippen molar-refractivity contribution in [1.82, 2.24) is 15.2 Å². The van der Waals surface area contributed by atoms with E-state index >= 15 is 0 Å². The highest BCUT2D eigenvalue weighted by Gasteiger charge is 2.37. The first-order valence-corrected chi connectivity index (χ1v) is 9.63. The van der Waals surface area contributed by atoms with Gasteiger partial charge in [0.2, 0.25) is 5.91 Å². The van der Waals surface area contributed by atoms with Crippen LogP contribution in [0, 0.1) is 0 Å². The molecule has 0 saturated carbocycles. The summed E-state index contributed by atoms with van der Waals surface area (Å²) in [5.41, 5.74) is 2.70. The average Bonchev–Trinajstić information content (AvgIpc) is 3.29. The average molecular weight is 390 g/mol. The number of H-pyrrole nitrogens is 1. The number of imide groups is 1. The van der Waals surface area contributed by atoms with E-state index in [1.807, 2.05) is 60.8 Å². The molecule has 0 spiro atoms. The molecular formula is C22H22N4O3. The number of urea groups is 1. The van der Waals surface area contributed by atoms with E-state index in [-0.39, 0.29) is 24.7 Å². The van der Waals surface area contributed by atoms with Gasteiger partial charge in [0.15, 0.2) is 0 Å². The number of hydrogen-bond donors (Lipinski definition) is 3. The third-order valence-corrected chi connectivity index (χ3v) is 5.07. The van der Waals surface area contributed by atoms with E-state index in [9.17, 15) is 14.4 Å². The standard InChI is InChI=1S/C22H22N4O3/c27-20(24-17-7-6-16-10-12-23-19(16)14-17)9-8-18-21(28)26(22(29)25-18)13-11-15-4-2-1-3-5-15/h1-7,10,12,14,18,23H,8-9,11,13H2,(H,24,27)(H,25,29)/t18-/m1/s1. The Morgan fingerprint density at radius 1 is 1.07 bits per heavy atom. The first kappa shape index (κ1) is 18.7. The SMILES string of the molecule is O=C(CC[C@H]1NC(=O)N(CCc2ccccc2)C1=O)Nc1ccc2cc[nH]c2c1. The lowest BCUT2D eigenvalue weighted by molar-refractivity contribution is -0.127. The number of aromatic amines is 1. The van der Waals surface area contributed by atoms with Gasteiger partial charge in [0.1, 0.15) is 6.04 Å². The van der Waals surface area contributed by atoms with Crippen LogP contribution in [-0.2, 0) is 16.0 Å². The summed E-state index contributed by atoms with van der Waals surface area (Å²) in [6.07, 6.45) is 2.86. The van der Waals surface area contributed by atoms with Crippen LogP contribution in [0.1, 0.15) is 18.4 Å². The number of benzene rings is 2. The highest BCUT2D eigenvalue weighted by Crippen LogP contribution is 2.18. The van der Waals surface area contributed by atoms with Gasteiger partial charge in [0, 0.05) is 30.4 Å². The third-order valence-electron chi connectivity index (χ3n) is 5.07. The van der Waals surface area contributed by atoms with Gasteiger partial charge in [-0.2, -0.15) is 0 Å². The molecule has 0 radical (unpaired) electrons. The Morgan fingerprint density at radius 3 is 2.72 bits per heavy atom. The summed E-state index contributed by atoms with van der Waals surface area (Å²) in [4.78, 5) is 41.3. The Kier molecular flexibility index (Phi) is 5.29. The van der Waals surface area contributed by atoms with E-state index in [0.717, 1.165) is 16.5 Å². The molecule has 4 rings (SSSR count). The predicted molar refractivity (Wildman–Crippen MR) is 110 cm³/mol. The minimum atomic E-state index is -0.657. The van der Waals surface area contributed by atoms with Crippen molar-refractivity contribution >= 4 is 34.4 Å². The second-order valence-electron chi connectivity index (χ2n) is 7.09. The lowest BCUT2D eigenvalue weighted by Gasteiger charge is -2.13. The zero-order valence-electron chi connectivity index (χ0n) is 15.9. The molecule has 1 atom stereocenters. The van der Waals surface area contributed by atoms with Crippen LogP contribution in [0.5, 0.6) is 0 Å². The number of fused-ring (bicyclic) bond motifs is 1. The molecule has 1 saturated heterocycles. The van der Waals surface area contributed by atoms with E-state index in [1.54, 1.807) is 0 Å². The largest absolute Gasteiger partial charge is 0.361 e. The number of anilines is 1. The Bertz CT molecular complexity index is 1040. The third kappa shape index (κ3) is 4.29. The fourth-order valence-electron chi connectivity index (χ4n) is 3.49. The molecule has 1 aliphatic rings. The van der Waals surface area contributed by atoms with Crippen LogP contribution < -0.4 is 10.6 Å². The maximum Gasteiger partial charge on any atom is 0.324 e. The van der Waals surface area contributed by atoms with Gasteiger partial charge in [-0.15, -0.1) is 0 Å². The number of amides is 4. The molecule has 2 heterocycles. The van der Waals surface area contributed by atoms with Crippen molar-refractivity contribution in [3.8, 4) is 0 Å². The summed E-state index contributed by atoms with van der Waals surface area (Å²) in [5.74, 6) is -0.466. The van der Waals surface area contributed by atoms with E-state index < -0.39 is 12.1 Å². The normalized spacial score (nSPS) is 16.3. The van der Waals surface area contributed by atoms with Crippen molar-refractivity contribution in [3.63, 3.8) is 0 Å². The summed E-state index contributed by atoms with van der Waals surface area (Å²) in [6.45, 7) is 0.327. The van der Waals surface area contributed by atoms with Gasteiger partial charge in [-0.1, -0.05) is 36.4 Å². The molecule has 1 fully saturated rings. The molecule has 3 aromatic rings. The van der Waals surface area contributed by atoms with Crippen LogP contribution in [0.4, 0.5) is 10.5 Å². The van der Waals surface area contributed by atoms with Crippen LogP contribution in [-0.4, -0.2) is 40.3 Å². The molecule has 4 amide bonds. The van der Waals surface area contributed by atoms with Gasteiger partial charge in [-0.05, 0) is 42.0 Å². The second-order valence-corrected chi connectivity index (χ2v) is 7.09. The minimum absolute atomic E-state index is 0.145. The molecule has 148 valence electrons. The monoisotopic (exact) mass is 390 g/mol. The number of hydrogen-bond acceptors (Lipinski definition) is 3. The highest BCUT2D eigenvalue weighted by atomic mass is 16.2. The summed E-state index contributed by atoms with van der Waals surface area (Å²) < 4.78 is 0. The van der Waals surface area contributed by atoms with E-state index in [2.05, 4.69) is 15.6 Å². The summed E-state index contributed by atoms with van der Waals surface area (Å²) in [7, 11) is 0. The zero-order chi connectivity index (χ0) is 20.2. The summed E-state index contributed by atoms with van der Waals surface area (Å²) in [5, 5.41) is 6.59. The van der Waals surface area contributed by atoms with Crippen molar-refractivity contribution < 1.29 is 14.4 Å². The molecular weight excluding hydrogens is 368 g/mol. The number of nitrogens with one attached hydrogen (secondary N) is 3. The van der Waals surface area contributed by atoms with E-state index in [0.29, 0.717) is 18.7 Å². The van der Waals surface area contributed by atoms with Gasteiger partial charge in [0.25, 0.3) is 5.91 Å². The van der Waals surface area contributed by atoms with Crippen LogP contribution in [0.3, 0.4) is 0 Å². The lowest BCUT2D eigenvalue weighted by Crippen LogP contribution is -2.33. The van der Waals surface area contributed by atoms with Crippen molar-refractivity contribution in [3.05, 3.63) is 66.4 Å². The fourth-order valence-corrected chi connectivity index (χ4v) is 3.49. The van der Waals surface area contributed by atoms with Crippen LogP contribution >= 0.6 is 0 Å². The van der Waals surface area contributed by atoms with Gasteiger partial charge < -0.3 is 15.6 Å². The van der Waals surface area contributed by atoms with Crippen molar-refractivity contribution in [1.29, 1.82) is 0 Å². The fraction of sp³-hybridized carbons (Fsp3) is 0.227. The molecule has 2 aromatic carbocycles. The Morgan fingerprint density at radius 2 is 1.90 bits per heavy atom. The number of carbonyl (C=O) groups excluding carboxylic acids is 3.